The number of primary amides is 1. The van der Waals surface area contributed by atoms with E-state index in [2.05, 4.69) is 0 Å². The SMILES string of the molecule is CC(C)N(CC(N)=O)Cc1ccc(O)c(C(F)(F)F)c1. The Kier molecular flexibility index (Phi) is 4.99. The lowest BCUT2D eigenvalue weighted by molar-refractivity contribution is -0.138. The summed E-state index contributed by atoms with van der Waals surface area (Å²) >= 11 is 0. The monoisotopic (exact) mass is 290 g/mol. The number of hydrogen-bond acceptors (Lipinski definition) is 3. The molecule has 1 amide bonds. The Balaban J connectivity index is 2.99. The number of nitrogens with two attached hydrogens (primary N) is 1. The summed E-state index contributed by atoms with van der Waals surface area (Å²) in [5, 5.41) is 9.25. The fourth-order valence-electron chi connectivity index (χ4n) is 1.76. The number of carbonyl (C=O) groups is 1. The van der Waals surface area contributed by atoms with Gasteiger partial charge in [0.1, 0.15) is 5.75 Å². The summed E-state index contributed by atoms with van der Waals surface area (Å²) in [5.41, 5.74) is 4.37. The quantitative estimate of drug-likeness (QED) is 0.872. The van der Waals surface area contributed by atoms with Crippen LogP contribution < -0.4 is 5.73 Å². The number of benzene rings is 1. The van der Waals surface area contributed by atoms with Crippen LogP contribution in [0.15, 0.2) is 18.2 Å². The van der Waals surface area contributed by atoms with Crippen molar-refractivity contribution in [3.8, 4) is 5.75 Å². The van der Waals surface area contributed by atoms with Crippen LogP contribution in [-0.4, -0.2) is 28.5 Å². The fraction of sp³-hybridized carbons (Fsp3) is 0.462. The largest absolute Gasteiger partial charge is 0.507 e. The highest BCUT2D eigenvalue weighted by molar-refractivity contribution is 5.75. The van der Waals surface area contributed by atoms with E-state index >= 15 is 0 Å². The molecule has 0 saturated heterocycles. The van der Waals surface area contributed by atoms with Gasteiger partial charge in [0.2, 0.25) is 5.91 Å². The standard InChI is InChI=1S/C13H17F3N2O2/c1-8(2)18(7-12(17)20)6-9-3-4-11(19)10(5-9)13(14,15)16/h3-5,8,19H,6-7H2,1-2H3,(H2,17,20). The van der Waals surface area contributed by atoms with Crippen LogP contribution in [0.25, 0.3) is 0 Å². The van der Waals surface area contributed by atoms with Gasteiger partial charge in [-0.05, 0) is 31.5 Å². The zero-order chi connectivity index (χ0) is 15.5. The smallest absolute Gasteiger partial charge is 0.419 e. The third-order valence-corrected chi connectivity index (χ3v) is 2.84. The van der Waals surface area contributed by atoms with Crippen LogP contribution in [0.1, 0.15) is 25.0 Å². The molecule has 0 aliphatic heterocycles. The molecule has 0 aliphatic rings. The highest BCUT2D eigenvalue weighted by atomic mass is 19.4. The Hall–Kier alpha value is -1.76. The van der Waals surface area contributed by atoms with Gasteiger partial charge in [-0.25, -0.2) is 0 Å². The van der Waals surface area contributed by atoms with Crippen molar-refractivity contribution >= 4 is 5.91 Å². The van der Waals surface area contributed by atoms with E-state index in [0.717, 1.165) is 12.1 Å². The van der Waals surface area contributed by atoms with E-state index in [-0.39, 0.29) is 19.1 Å². The van der Waals surface area contributed by atoms with Crippen LogP contribution in [0, 0.1) is 0 Å². The first kappa shape index (κ1) is 16.3. The van der Waals surface area contributed by atoms with Crippen LogP contribution in [0.5, 0.6) is 5.75 Å². The summed E-state index contributed by atoms with van der Waals surface area (Å²) in [6.45, 7) is 3.73. The highest BCUT2D eigenvalue weighted by Gasteiger charge is 2.34. The number of alkyl halides is 3. The summed E-state index contributed by atoms with van der Waals surface area (Å²) in [6, 6.07) is 3.22. The molecule has 0 spiro atoms. The van der Waals surface area contributed by atoms with Crippen LogP contribution in [0.4, 0.5) is 13.2 Å². The highest BCUT2D eigenvalue weighted by Crippen LogP contribution is 2.36. The first-order valence-corrected chi connectivity index (χ1v) is 6.02. The molecule has 0 unspecified atom stereocenters. The van der Waals surface area contributed by atoms with Crippen molar-refractivity contribution in [2.24, 2.45) is 5.73 Å². The van der Waals surface area contributed by atoms with Gasteiger partial charge < -0.3 is 10.8 Å². The van der Waals surface area contributed by atoms with E-state index in [1.807, 2.05) is 13.8 Å². The maximum Gasteiger partial charge on any atom is 0.419 e. The van der Waals surface area contributed by atoms with Gasteiger partial charge in [-0.2, -0.15) is 13.2 Å². The minimum Gasteiger partial charge on any atom is -0.507 e. The number of halogens is 3. The average Bonchev–Trinajstić information content (AvgIpc) is 2.28. The molecule has 0 aromatic heterocycles. The van der Waals surface area contributed by atoms with E-state index < -0.39 is 23.4 Å². The van der Waals surface area contributed by atoms with Crippen LogP contribution in [0.3, 0.4) is 0 Å². The van der Waals surface area contributed by atoms with Gasteiger partial charge in [0.15, 0.2) is 0 Å². The second-order valence-corrected chi connectivity index (χ2v) is 4.81. The molecule has 7 heteroatoms. The van der Waals surface area contributed by atoms with Crippen LogP contribution >= 0.6 is 0 Å². The zero-order valence-corrected chi connectivity index (χ0v) is 11.2. The van der Waals surface area contributed by atoms with Gasteiger partial charge in [-0.3, -0.25) is 9.69 Å². The van der Waals surface area contributed by atoms with Crippen LogP contribution in [0.2, 0.25) is 0 Å². The lowest BCUT2D eigenvalue weighted by Gasteiger charge is -2.25. The molecular formula is C13H17F3N2O2. The topological polar surface area (TPSA) is 66.6 Å². The van der Waals surface area contributed by atoms with Crippen molar-refractivity contribution in [1.82, 2.24) is 4.90 Å². The van der Waals surface area contributed by atoms with E-state index in [0.29, 0.717) is 5.56 Å². The molecule has 0 radical (unpaired) electrons. The van der Waals surface area contributed by atoms with Crippen molar-refractivity contribution in [2.75, 3.05) is 6.54 Å². The van der Waals surface area contributed by atoms with E-state index in [1.54, 1.807) is 4.90 Å². The number of rotatable bonds is 5. The maximum absolute atomic E-state index is 12.7. The molecule has 1 rings (SSSR count). The van der Waals surface area contributed by atoms with Gasteiger partial charge in [-0.15, -0.1) is 0 Å². The Bertz CT molecular complexity index is 487. The molecule has 20 heavy (non-hydrogen) atoms. The van der Waals surface area contributed by atoms with Gasteiger partial charge in [0.05, 0.1) is 12.1 Å². The van der Waals surface area contributed by atoms with E-state index in [9.17, 15) is 23.1 Å². The molecule has 1 aromatic carbocycles. The lowest BCUT2D eigenvalue weighted by atomic mass is 10.1. The summed E-state index contributed by atoms with van der Waals surface area (Å²) < 4.78 is 38.1. The predicted molar refractivity (Wildman–Crippen MR) is 67.8 cm³/mol. The Morgan fingerprint density at radius 1 is 1.40 bits per heavy atom. The Labute approximate surface area is 115 Å². The molecule has 0 fully saturated rings. The zero-order valence-electron chi connectivity index (χ0n) is 11.2. The molecule has 0 bridgehead atoms. The average molecular weight is 290 g/mol. The van der Waals surface area contributed by atoms with Gasteiger partial charge in [-0.1, -0.05) is 6.07 Å². The number of phenolic OH excluding ortho intramolecular Hbond substituents is 1. The van der Waals surface area contributed by atoms with Gasteiger partial charge >= 0.3 is 6.18 Å². The summed E-state index contributed by atoms with van der Waals surface area (Å²) in [5.74, 6) is -1.36. The van der Waals surface area contributed by atoms with Crippen molar-refractivity contribution in [2.45, 2.75) is 32.6 Å². The summed E-state index contributed by atoms with van der Waals surface area (Å²) in [6.07, 6.45) is -4.62. The third-order valence-electron chi connectivity index (χ3n) is 2.84. The first-order valence-electron chi connectivity index (χ1n) is 6.02. The number of phenols is 1. The minimum atomic E-state index is -4.62. The normalized spacial score (nSPS) is 12.2. The molecule has 3 N–H and O–H groups in total. The van der Waals surface area contributed by atoms with Crippen LogP contribution in [-0.2, 0) is 17.5 Å². The Morgan fingerprint density at radius 3 is 2.45 bits per heavy atom. The first-order chi connectivity index (χ1) is 9.11. The fourth-order valence-corrected chi connectivity index (χ4v) is 1.76. The van der Waals surface area contributed by atoms with E-state index in [4.69, 9.17) is 5.73 Å². The second-order valence-electron chi connectivity index (χ2n) is 4.81. The lowest BCUT2D eigenvalue weighted by Crippen LogP contribution is -2.38. The van der Waals surface area contributed by atoms with Crippen molar-refractivity contribution < 1.29 is 23.1 Å². The molecular weight excluding hydrogens is 273 g/mol. The van der Waals surface area contributed by atoms with Crippen molar-refractivity contribution in [1.29, 1.82) is 0 Å². The second kappa shape index (κ2) is 6.13. The van der Waals surface area contributed by atoms with Crippen molar-refractivity contribution in [3.05, 3.63) is 29.3 Å². The number of nitrogens with zero attached hydrogens (tertiary/aromatic N) is 1. The number of aromatic hydroxyl groups is 1. The number of carbonyl (C=O) groups excluding carboxylic acids is 1. The maximum atomic E-state index is 12.7. The molecule has 4 nitrogen and oxygen atoms in total. The van der Waals surface area contributed by atoms with Gasteiger partial charge in [0.25, 0.3) is 0 Å². The third kappa shape index (κ3) is 4.41. The molecule has 0 saturated carbocycles. The van der Waals surface area contributed by atoms with Gasteiger partial charge in [0, 0.05) is 12.6 Å². The molecule has 1 aromatic rings. The molecule has 0 aliphatic carbocycles. The summed E-state index contributed by atoms with van der Waals surface area (Å²) in [4.78, 5) is 12.6. The molecule has 0 atom stereocenters. The van der Waals surface area contributed by atoms with Crippen molar-refractivity contribution in [3.63, 3.8) is 0 Å². The predicted octanol–water partition coefficient (Wildman–Crippen LogP) is 2.11. The molecule has 0 heterocycles. The number of amides is 1. The summed E-state index contributed by atoms with van der Waals surface area (Å²) in [7, 11) is 0. The van der Waals surface area contributed by atoms with E-state index in [1.165, 1.54) is 6.07 Å². The number of hydrogen-bond donors (Lipinski definition) is 2. The Morgan fingerprint density at radius 2 is 2.00 bits per heavy atom. The molecule has 112 valence electrons. The minimum absolute atomic E-state index is 0.0418.